The largest absolute Gasteiger partial charge is 0.478 e. The van der Waals surface area contributed by atoms with E-state index in [1.807, 2.05) is 31.2 Å². The topological polar surface area (TPSA) is 63.1 Å². The van der Waals surface area contributed by atoms with Gasteiger partial charge < -0.3 is 5.11 Å². The molecule has 2 rings (SSSR count). The Balaban J connectivity index is 2.32. The summed E-state index contributed by atoms with van der Waals surface area (Å²) in [5, 5.41) is 9.03. The zero-order valence-corrected chi connectivity index (χ0v) is 12.0. The molecule has 4 nitrogen and oxygen atoms in total. The molecule has 0 fully saturated rings. The molecule has 0 aliphatic rings. The van der Waals surface area contributed by atoms with Crippen LogP contribution in [0.4, 0.5) is 0 Å². The summed E-state index contributed by atoms with van der Waals surface area (Å²) in [6.07, 6.45) is 2.54. The first-order valence-corrected chi connectivity index (χ1v) is 6.72. The molecule has 5 heteroatoms. The van der Waals surface area contributed by atoms with E-state index in [0.717, 1.165) is 10.0 Å². The zero-order chi connectivity index (χ0) is 13.8. The van der Waals surface area contributed by atoms with Crippen molar-refractivity contribution < 1.29 is 9.90 Å². The van der Waals surface area contributed by atoms with Crippen molar-refractivity contribution in [3.8, 4) is 0 Å². The molecule has 2 aromatic rings. The third-order valence-corrected chi connectivity index (χ3v) is 3.56. The molecule has 1 N–H and O–H groups in total. The second-order valence-electron chi connectivity index (χ2n) is 4.07. The quantitative estimate of drug-likeness (QED) is 0.940. The van der Waals surface area contributed by atoms with Crippen molar-refractivity contribution >= 4 is 21.9 Å². The Labute approximate surface area is 119 Å². The van der Waals surface area contributed by atoms with Crippen LogP contribution in [-0.2, 0) is 12.8 Å². The summed E-state index contributed by atoms with van der Waals surface area (Å²) in [7, 11) is 0. The van der Waals surface area contributed by atoms with Gasteiger partial charge in [-0.3, -0.25) is 0 Å². The van der Waals surface area contributed by atoms with Crippen molar-refractivity contribution in [3.63, 3.8) is 0 Å². The van der Waals surface area contributed by atoms with Crippen LogP contribution in [0.3, 0.4) is 0 Å². The Hall–Kier alpha value is -1.75. The van der Waals surface area contributed by atoms with Gasteiger partial charge in [-0.1, -0.05) is 41.1 Å². The van der Waals surface area contributed by atoms with E-state index >= 15 is 0 Å². The summed E-state index contributed by atoms with van der Waals surface area (Å²) in [6, 6.07) is 7.84. The molecule has 0 spiro atoms. The lowest BCUT2D eigenvalue weighted by Crippen LogP contribution is -2.08. The summed E-state index contributed by atoms with van der Waals surface area (Å²) < 4.78 is 0.999. The molecule has 0 aliphatic heterocycles. The fourth-order valence-corrected chi connectivity index (χ4v) is 2.23. The minimum atomic E-state index is -0.982. The van der Waals surface area contributed by atoms with E-state index in [9.17, 15) is 4.79 Å². The standard InChI is InChI=1S/C14H13BrN2O2/c1-2-12-10(14(18)19)8-16-13(17-12)7-9-5-3-4-6-11(9)15/h3-6,8H,2,7H2,1H3,(H,18,19). The lowest BCUT2D eigenvalue weighted by Gasteiger charge is -2.07. The maximum atomic E-state index is 11.0. The molecule has 0 atom stereocenters. The number of carboxylic acids is 1. The van der Waals surface area contributed by atoms with Crippen molar-refractivity contribution in [3.05, 3.63) is 57.6 Å². The van der Waals surface area contributed by atoms with Crippen LogP contribution in [0.1, 0.15) is 34.4 Å². The Morgan fingerprint density at radius 1 is 1.37 bits per heavy atom. The van der Waals surface area contributed by atoms with E-state index in [1.165, 1.54) is 6.20 Å². The number of benzene rings is 1. The SMILES string of the molecule is CCc1nc(Cc2ccccc2Br)ncc1C(=O)O. The molecular weight excluding hydrogens is 308 g/mol. The minimum absolute atomic E-state index is 0.179. The molecular formula is C14H13BrN2O2. The number of carbonyl (C=O) groups is 1. The van der Waals surface area contributed by atoms with E-state index < -0.39 is 5.97 Å². The van der Waals surface area contributed by atoms with E-state index in [2.05, 4.69) is 25.9 Å². The molecule has 1 aromatic carbocycles. The van der Waals surface area contributed by atoms with E-state index in [0.29, 0.717) is 24.4 Å². The highest BCUT2D eigenvalue weighted by Gasteiger charge is 2.12. The first kappa shape index (κ1) is 13.7. The second-order valence-corrected chi connectivity index (χ2v) is 4.93. The molecule has 0 unspecified atom stereocenters. The number of rotatable bonds is 4. The molecule has 0 amide bonds. The summed E-state index contributed by atoms with van der Waals surface area (Å²) in [5.41, 5.74) is 1.83. The number of aryl methyl sites for hydroxylation is 1. The lowest BCUT2D eigenvalue weighted by molar-refractivity contribution is 0.0694. The lowest BCUT2D eigenvalue weighted by atomic mass is 10.1. The number of hydrogen-bond donors (Lipinski definition) is 1. The van der Waals surface area contributed by atoms with E-state index in [1.54, 1.807) is 0 Å². The first-order valence-electron chi connectivity index (χ1n) is 5.93. The predicted molar refractivity (Wildman–Crippen MR) is 75.3 cm³/mol. The minimum Gasteiger partial charge on any atom is -0.478 e. The highest BCUT2D eigenvalue weighted by molar-refractivity contribution is 9.10. The normalized spacial score (nSPS) is 10.4. The second kappa shape index (κ2) is 5.93. The van der Waals surface area contributed by atoms with Gasteiger partial charge in [0.1, 0.15) is 5.82 Å². The van der Waals surface area contributed by atoms with Crippen LogP contribution < -0.4 is 0 Å². The summed E-state index contributed by atoms with van der Waals surface area (Å²) in [5.74, 6) is -0.349. The Kier molecular flexibility index (Phi) is 4.27. The smallest absolute Gasteiger partial charge is 0.339 e. The van der Waals surface area contributed by atoms with Gasteiger partial charge in [0.25, 0.3) is 0 Å². The molecule has 0 saturated carbocycles. The van der Waals surface area contributed by atoms with Crippen LogP contribution in [-0.4, -0.2) is 21.0 Å². The highest BCUT2D eigenvalue weighted by Crippen LogP contribution is 2.18. The monoisotopic (exact) mass is 320 g/mol. The van der Waals surface area contributed by atoms with Gasteiger partial charge in [-0.2, -0.15) is 0 Å². The zero-order valence-electron chi connectivity index (χ0n) is 10.4. The Morgan fingerprint density at radius 3 is 2.74 bits per heavy atom. The van der Waals surface area contributed by atoms with Gasteiger partial charge in [0, 0.05) is 17.1 Å². The van der Waals surface area contributed by atoms with Crippen molar-refractivity contribution in [1.29, 1.82) is 0 Å². The van der Waals surface area contributed by atoms with E-state index in [4.69, 9.17) is 5.11 Å². The number of hydrogen-bond acceptors (Lipinski definition) is 3. The van der Waals surface area contributed by atoms with Crippen molar-refractivity contribution in [1.82, 2.24) is 9.97 Å². The third kappa shape index (κ3) is 3.17. The fourth-order valence-electron chi connectivity index (χ4n) is 1.80. The summed E-state index contributed by atoms with van der Waals surface area (Å²) >= 11 is 3.48. The van der Waals surface area contributed by atoms with Gasteiger partial charge >= 0.3 is 5.97 Å². The van der Waals surface area contributed by atoms with Gasteiger partial charge in [0.05, 0.1) is 11.3 Å². The number of carboxylic acid groups (broad SMARTS) is 1. The van der Waals surface area contributed by atoms with Gasteiger partial charge in [-0.15, -0.1) is 0 Å². The molecule has 0 radical (unpaired) electrons. The van der Waals surface area contributed by atoms with Crippen LogP contribution >= 0.6 is 15.9 Å². The summed E-state index contributed by atoms with van der Waals surface area (Å²) in [4.78, 5) is 19.5. The molecule has 1 heterocycles. The molecule has 98 valence electrons. The van der Waals surface area contributed by atoms with Gasteiger partial charge in [-0.25, -0.2) is 14.8 Å². The summed E-state index contributed by atoms with van der Waals surface area (Å²) in [6.45, 7) is 1.89. The van der Waals surface area contributed by atoms with Crippen LogP contribution in [0.15, 0.2) is 34.9 Å². The maximum Gasteiger partial charge on any atom is 0.339 e. The average Bonchev–Trinajstić information content (AvgIpc) is 2.41. The molecule has 0 saturated heterocycles. The Morgan fingerprint density at radius 2 is 2.11 bits per heavy atom. The maximum absolute atomic E-state index is 11.0. The first-order chi connectivity index (χ1) is 9.11. The van der Waals surface area contributed by atoms with Gasteiger partial charge in [0.2, 0.25) is 0 Å². The Bertz CT molecular complexity index is 614. The van der Waals surface area contributed by atoms with Crippen molar-refractivity contribution in [2.45, 2.75) is 19.8 Å². The molecule has 19 heavy (non-hydrogen) atoms. The molecule has 1 aromatic heterocycles. The number of aromatic nitrogens is 2. The third-order valence-electron chi connectivity index (χ3n) is 2.79. The van der Waals surface area contributed by atoms with Crippen LogP contribution in [0.5, 0.6) is 0 Å². The number of nitrogens with zero attached hydrogens (tertiary/aromatic N) is 2. The van der Waals surface area contributed by atoms with E-state index in [-0.39, 0.29) is 5.56 Å². The van der Waals surface area contributed by atoms with Crippen molar-refractivity contribution in [2.24, 2.45) is 0 Å². The molecule has 0 bridgehead atoms. The predicted octanol–water partition coefficient (Wildman–Crippen LogP) is 3.09. The highest BCUT2D eigenvalue weighted by atomic mass is 79.9. The number of halogens is 1. The van der Waals surface area contributed by atoms with Gasteiger partial charge in [-0.05, 0) is 18.1 Å². The number of aromatic carboxylic acids is 1. The van der Waals surface area contributed by atoms with Crippen molar-refractivity contribution in [2.75, 3.05) is 0 Å². The van der Waals surface area contributed by atoms with Crippen LogP contribution in [0.25, 0.3) is 0 Å². The fraction of sp³-hybridized carbons (Fsp3) is 0.214. The average molecular weight is 321 g/mol. The molecule has 0 aliphatic carbocycles. The van der Waals surface area contributed by atoms with Crippen LogP contribution in [0.2, 0.25) is 0 Å². The van der Waals surface area contributed by atoms with Crippen LogP contribution in [0, 0.1) is 0 Å². The van der Waals surface area contributed by atoms with Gasteiger partial charge in [0.15, 0.2) is 0 Å².